The Labute approximate surface area is 172 Å². The second kappa shape index (κ2) is 10.4. The number of rotatable bonds is 9. The number of hydrogen-bond donors (Lipinski definition) is 3. The fraction of sp³-hybridized carbons (Fsp3) is 0.421. The summed E-state index contributed by atoms with van der Waals surface area (Å²) >= 11 is 2.94. The van der Waals surface area contributed by atoms with E-state index in [0.29, 0.717) is 23.7 Å². The van der Waals surface area contributed by atoms with Crippen LogP contribution in [0.5, 0.6) is 0 Å². The lowest BCUT2D eigenvalue weighted by atomic mass is 10.1. The van der Waals surface area contributed by atoms with E-state index in [1.165, 1.54) is 18.4 Å². The summed E-state index contributed by atoms with van der Waals surface area (Å²) in [5.74, 6) is -0.810. The first-order valence-electron chi connectivity index (χ1n) is 8.96. The van der Waals surface area contributed by atoms with Gasteiger partial charge in [-0.15, -0.1) is 22.7 Å². The summed E-state index contributed by atoms with van der Waals surface area (Å²) in [6, 6.07) is 3.91. The molecule has 28 heavy (non-hydrogen) atoms. The van der Waals surface area contributed by atoms with Gasteiger partial charge in [0.2, 0.25) is 0 Å². The van der Waals surface area contributed by atoms with E-state index in [0.717, 1.165) is 20.2 Å². The molecule has 0 aliphatic heterocycles. The van der Waals surface area contributed by atoms with Gasteiger partial charge >= 0.3 is 5.97 Å². The third kappa shape index (κ3) is 5.88. The van der Waals surface area contributed by atoms with Gasteiger partial charge in [0.05, 0.1) is 25.8 Å². The lowest BCUT2D eigenvalue weighted by Crippen LogP contribution is -3.13. The molecule has 0 bridgehead atoms. The number of ether oxygens (including phenoxy) is 1. The second-order valence-corrected chi connectivity index (χ2v) is 8.60. The number of methoxy groups -OCH3 is 1. The maximum Gasteiger partial charge on any atom is 0.341 e. The number of nitrogens with one attached hydrogen (secondary N) is 3. The molecule has 0 radical (unpaired) electrons. The fourth-order valence-electron chi connectivity index (χ4n) is 2.66. The molecule has 0 aliphatic rings. The average Bonchev–Trinajstić information content (AvgIpc) is 3.27. The molecule has 2 heterocycles. The lowest BCUT2D eigenvalue weighted by molar-refractivity contribution is -0.881. The van der Waals surface area contributed by atoms with Gasteiger partial charge in [-0.25, -0.2) is 4.79 Å². The van der Waals surface area contributed by atoms with E-state index in [2.05, 4.69) is 10.6 Å². The number of esters is 1. The summed E-state index contributed by atoms with van der Waals surface area (Å²) in [5.41, 5.74) is 1.20. The molecule has 0 spiro atoms. The van der Waals surface area contributed by atoms with Gasteiger partial charge in [0.15, 0.2) is 13.1 Å². The van der Waals surface area contributed by atoms with Crippen molar-refractivity contribution in [2.24, 2.45) is 0 Å². The topological polar surface area (TPSA) is 88.9 Å². The molecule has 9 heteroatoms. The highest BCUT2D eigenvalue weighted by atomic mass is 32.1. The fourth-order valence-corrected chi connectivity index (χ4v) is 4.37. The highest BCUT2D eigenvalue weighted by Crippen LogP contribution is 2.32. The molecule has 1 unspecified atom stereocenters. The predicted octanol–water partition coefficient (Wildman–Crippen LogP) is 1.37. The third-order valence-electron chi connectivity index (χ3n) is 4.39. The smallest absolute Gasteiger partial charge is 0.341 e. The monoisotopic (exact) mass is 424 g/mol. The summed E-state index contributed by atoms with van der Waals surface area (Å²) in [6.45, 7) is 7.12. The molecule has 3 N–H and O–H groups in total. The first kappa shape index (κ1) is 22.1. The van der Waals surface area contributed by atoms with Crippen molar-refractivity contribution in [2.75, 3.05) is 32.1 Å². The summed E-state index contributed by atoms with van der Waals surface area (Å²) < 4.78 is 4.82. The minimum absolute atomic E-state index is 0.101. The van der Waals surface area contributed by atoms with Crippen LogP contribution in [0.15, 0.2) is 17.5 Å². The third-order valence-corrected chi connectivity index (χ3v) is 6.39. The Morgan fingerprint density at radius 2 is 1.89 bits per heavy atom. The first-order chi connectivity index (χ1) is 13.3. The molecule has 0 fully saturated rings. The van der Waals surface area contributed by atoms with E-state index in [1.807, 2.05) is 38.3 Å². The Balaban J connectivity index is 1.92. The van der Waals surface area contributed by atoms with Crippen molar-refractivity contribution in [3.63, 3.8) is 0 Å². The number of thiophene rings is 2. The second-order valence-electron chi connectivity index (χ2n) is 6.34. The number of carbonyl (C=O) groups excluding carboxylic acids is 3. The van der Waals surface area contributed by atoms with Gasteiger partial charge in [0, 0.05) is 9.75 Å². The molecule has 2 amide bonds. The van der Waals surface area contributed by atoms with Crippen molar-refractivity contribution < 1.29 is 24.0 Å². The van der Waals surface area contributed by atoms with Crippen LogP contribution in [0.25, 0.3) is 0 Å². The van der Waals surface area contributed by atoms with Gasteiger partial charge in [-0.1, -0.05) is 6.07 Å². The van der Waals surface area contributed by atoms with E-state index in [-0.39, 0.29) is 24.9 Å². The molecule has 2 aromatic rings. The van der Waals surface area contributed by atoms with Crippen LogP contribution < -0.4 is 15.5 Å². The first-order valence-corrected chi connectivity index (χ1v) is 10.7. The molecular weight excluding hydrogens is 398 g/mol. The van der Waals surface area contributed by atoms with Crippen molar-refractivity contribution in [3.05, 3.63) is 38.4 Å². The number of anilines is 1. The number of amides is 2. The van der Waals surface area contributed by atoms with Crippen molar-refractivity contribution in [2.45, 2.75) is 27.3 Å². The summed E-state index contributed by atoms with van der Waals surface area (Å²) in [7, 11) is 1.32. The predicted molar refractivity (Wildman–Crippen MR) is 111 cm³/mol. The normalized spacial score (nSPS) is 11.7. The molecule has 1 atom stereocenters. The van der Waals surface area contributed by atoms with E-state index < -0.39 is 5.97 Å². The van der Waals surface area contributed by atoms with Crippen LogP contribution in [-0.2, 0) is 20.9 Å². The van der Waals surface area contributed by atoms with Gasteiger partial charge in [0.25, 0.3) is 11.8 Å². The number of likely N-dealkylation sites (N-methyl/N-ethyl adjacent to an activating group) is 1. The maximum atomic E-state index is 12.5. The number of hydrogen-bond acceptors (Lipinski definition) is 6. The van der Waals surface area contributed by atoms with Crippen LogP contribution in [0, 0.1) is 13.8 Å². The Hall–Kier alpha value is -2.23. The van der Waals surface area contributed by atoms with E-state index in [1.54, 1.807) is 11.3 Å². The van der Waals surface area contributed by atoms with Crippen molar-refractivity contribution in [1.82, 2.24) is 5.32 Å². The van der Waals surface area contributed by atoms with E-state index >= 15 is 0 Å². The lowest BCUT2D eigenvalue weighted by Gasteiger charge is -2.16. The Morgan fingerprint density at radius 1 is 1.18 bits per heavy atom. The number of carbonyl (C=O) groups is 3. The van der Waals surface area contributed by atoms with Crippen LogP contribution in [0.4, 0.5) is 5.00 Å². The summed E-state index contributed by atoms with van der Waals surface area (Å²) in [5, 5.41) is 8.14. The maximum absolute atomic E-state index is 12.5. The van der Waals surface area contributed by atoms with E-state index in [9.17, 15) is 14.4 Å². The Bertz CT molecular complexity index is 831. The van der Waals surface area contributed by atoms with Crippen LogP contribution >= 0.6 is 22.7 Å². The average molecular weight is 425 g/mol. The van der Waals surface area contributed by atoms with Gasteiger partial charge < -0.3 is 20.3 Å². The van der Waals surface area contributed by atoms with E-state index in [4.69, 9.17) is 4.74 Å². The van der Waals surface area contributed by atoms with Gasteiger partial charge in [-0.3, -0.25) is 9.59 Å². The molecule has 0 aromatic carbocycles. The SMILES string of the molecule is CC[NH+](CC(=O)NCc1cccs1)CC(=O)Nc1sc(C)c(C)c1C(=O)OC. The largest absolute Gasteiger partial charge is 0.465 e. The van der Waals surface area contributed by atoms with Crippen molar-refractivity contribution in [3.8, 4) is 0 Å². The summed E-state index contributed by atoms with van der Waals surface area (Å²) in [6.07, 6.45) is 0. The molecular formula is C19H26N3O4S2+. The molecule has 0 aliphatic carbocycles. The van der Waals surface area contributed by atoms with Gasteiger partial charge in [-0.05, 0) is 37.8 Å². The quantitative estimate of drug-likeness (QED) is 0.531. The zero-order chi connectivity index (χ0) is 20.7. The Morgan fingerprint density at radius 3 is 2.50 bits per heavy atom. The Kier molecular flexibility index (Phi) is 8.16. The van der Waals surface area contributed by atoms with Gasteiger partial charge in [-0.2, -0.15) is 0 Å². The molecule has 7 nitrogen and oxygen atoms in total. The molecule has 2 rings (SSSR count). The highest BCUT2D eigenvalue weighted by Gasteiger charge is 2.23. The van der Waals surface area contributed by atoms with Gasteiger partial charge in [0.1, 0.15) is 5.00 Å². The molecule has 0 saturated carbocycles. The number of quaternary nitrogens is 1. The van der Waals surface area contributed by atoms with Crippen LogP contribution in [0.2, 0.25) is 0 Å². The van der Waals surface area contributed by atoms with Crippen LogP contribution in [0.1, 0.15) is 32.6 Å². The zero-order valence-corrected chi connectivity index (χ0v) is 18.1. The van der Waals surface area contributed by atoms with Crippen LogP contribution in [-0.4, -0.2) is 44.5 Å². The van der Waals surface area contributed by atoms with Crippen molar-refractivity contribution in [1.29, 1.82) is 0 Å². The molecule has 0 saturated heterocycles. The van der Waals surface area contributed by atoms with Crippen molar-refractivity contribution >= 4 is 45.5 Å². The minimum atomic E-state index is -0.468. The number of aryl methyl sites for hydroxylation is 1. The highest BCUT2D eigenvalue weighted by molar-refractivity contribution is 7.16. The standard InChI is InChI=1S/C19H25N3O4S2/c1-5-22(10-15(23)20-9-14-7-6-8-27-14)11-16(24)21-18-17(19(25)26-4)12(2)13(3)28-18/h6-8H,5,9-11H2,1-4H3,(H,20,23)(H,21,24)/p+1. The molecule has 152 valence electrons. The summed E-state index contributed by atoms with van der Waals surface area (Å²) in [4.78, 5) is 39.5. The zero-order valence-electron chi connectivity index (χ0n) is 16.5. The minimum Gasteiger partial charge on any atom is -0.465 e. The molecule has 2 aromatic heterocycles. The van der Waals surface area contributed by atoms with Crippen LogP contribution in [0.3, 0.4) is 0 Å².